The van der Waals surface area contributed by atoms with Gasteiger partial charge in [0.2, 0.25) is 0 Å². The van der Waals surface area contributed by atoms with E-state index in [-0.39, 0.29) is 36.4 Å². The maximum absolute atomic E-state index is 14.7. The second-order valence-electron chi connectivity index (χ2n) is 16.9. The van der Waals surface area contributed by atoms with E-state index in [0.717, 1.165) is 17.5 Å². The van der Waals surface area contributed by atoms with E-state index >= 15 is 0 Å². The minimum Gasteiger partial charge on any atom is -0.483 e. The van der Waals surface area contributed by atoms with E-state index in [0.29, 0.717) is 65.7 Å². The van der Waals surface area contributed by atoms with Crippen molar-refractivity contribution in [1.82, 2.24) is 0 Å². The van der Waals surface area contributed by atoms with Gasteiger partial charge in [0.1, 0.15) is 16.9 Å². The Hall–Kier alpha value is -5.77. The number of aliphatic hydroxyl groups excluding tert-OH is 1. The molecule has 2 bridgehead atoms. The SMILES string of the molecule is COCCc1cc2ccc3c(c2oc1=O)[C@@H]1OC(=O)C[C@@H]2C[C@@H](c4cccc(Cc5ccccc5)c4)C=C[C@@H]2c2ccc(cc2)CCC(=C(C)CO)C(=O)O[C@@H]1C(C)(C)O3. The van der Waals surface area contributed by atoms with Gasteiger partial charge in [0.15, 0.2) is 12.2 Å². The Bertz CT molecular complexity index is 2490. The molecular weight excluding hydrogens is 757 g/mol. The number of methoxy groups -OCH3 is 1. The molecule has 0 saturated heterocycles. The zero-order valence-electron chi connectivity index (χ0n) is 34.6. The van der Waals surface area contributed by atoms with Crippen LogP contribution < -0.4 is 10.4 Å². The fraction of sp³-hybridized carbons (Fsp3) is 0.353. The molecule has 4 aromatic carbocycles. The molecule has 0 radical (unpaired) electrons. The van der Waals surface area contributed by atoms with Crippen molar-refractivity contribution in [2.45, 2.75) is 88.9 Å². The third-order valence-electron chi connectivity index (χ3n) is 12.4. The summed E-state index contributed by atoms with van der Waals surface area (Å²) in [7, 11) is 1.57. The number of fused-ring (bicyclic) bond motifs is 11. The van der Waals surface area contributed by atoms with E-state index in [1.807, 2.05) is 6.07 Å². The molecule has 310 valence electrons. The second-order valence-corrected chi connectivity index (χ2v) is 16.9. The lowest BCUT2D eigenvalue weighted by Gasteiger charge is -2.43. The van der Waals surface area contributed by atoms with E-state index in [4.69, 9.17) is 23.4 Å². The first-order valence-electron chi connectivity index (χ1n) is 20.9. The second kappa shape index (κ2) is 17.4. The standard InChI is InChI=1S/C51H52O9/c1-31(30-52)41-20-15-32-13-16-35(17-14-32)42-21-18-37(36-12-8-11-34(26-36)25-33-9-6-5-7-10-33)27-40(42)29-44(53)57-47-45-43(60-51(2,3)48(47)59-50(41)55)22-19-38-28-39(23-24-56-4)49(54)58-46(38)45/h5-14,16-19,21-22,26,28,37,40,42,47-48,52H,15,20,23-25,27,29-30H2,1-4H3/t37-,40-,42+,47-,48-/m0/s1. The molecule has 4 heterocycles. The summed E-state index contributed by atoms with van der Waals surface area (Å²) in [6, 6.07) is 32.8. The van der Waals surface area contributed by atoms with Gasteiger partial charge >= 0.3 is 17.6 Å². The molecule has 0 spiro atoms. The molecule has 5 aromatic rings. The van der Waals surface area contributed by atoms with E-state index < -0.39 is 35.4 Å². The average molecular weight is 809 g/mol. The zero-order valence-corrected chi connectivity index (χ0v) is 34.6. The van der Waals surface area contributed by atoms with Gasteiger partial charge < -0.3 is 28.5 Å². The fourth-order valence-corrected chi connectivity index (χ4v) is 9.08. The van der Waals surface area contributed by atoms with E-state index in [1.54, 1.807) is 46.1 Å². The van der Waals surface area contributed by atoms with Crippen LogP contribution in [-0.2, 0) is 43.1 Å². The minimum absolute atomic E-state index is 0.0632. The fourth-order valence-electron chi connectivity index (χ4n) is 9.08. The molecule has 0 saturated carbocycles. The smallest absolute Gasteiger partial charge is 0.339 e. The Labute approximate surface area is 350 Å². The maximum atomic E-state index is 14.7. The van der Waals surface area contributed by atoms with Crippen LogP contribution in [0.5, 0.6) is 5.75 Å². The Morgan fingerprint density at radius 1 is 0.850 bits per heavy atom. The van der Waals surface area contributed by atoms with Gasteiger partial charge in [0, 0.05) is 48.3 Å². The number of aryl methyl sites for hydroxylation is 1. The minimum atomic E-state index is -1.19. The van der Waals surface area contributed by atoms with Crippen molar-refractivity contribution in [3.8, 4) is 5.75 Å². The average Bonchev–Trinajstić information content (AvgIpc) is 3.24. The lowest BCUT2D eigenvalue weighted by Crippen LogP contribution is -2.52. The Kier molecular flexibility index (Phi) is 11.9. The number of ether oxygens (including phenoxy) is 4. The first-order valence-corrected chi connectivity index (χ1v) is 20.9. The summed E-state index contributed by atoms with van der Waals surface area (Å²) in [4.78, 5) is 42.3. The van der Waals surface area contributed by atoms with E-state index in [2.05, 4.69) is 84.9 Å². The van der Waals surface area contributed by atoms with Gasteiger partial charge in [-0.15, -0.1) is 0 Å². The summed E-state index contributed by atoms with van der Waals surface area (Å²) in [6.07, 6.45) is 4.99. The van der Waals surface area contributed by atoms with Crippen LogP contribution >= 0.6 is 0 Å². The Morgan fingerprint density at radius 2 is 1.63 bits per heavy atom. The summed E-state index contributed by atoms with van der Waals surface area (Å²) in [5, 5.41) is 10.8. The van der Waals surface area contributed by atoms with Crippen molar-refractivity contribution >= 4 is 22.9 Å². The predicted octanol–water partition coefficient (Wildman–Crippen LogP) is 9.03. The van der Waals surface area contributed by atoms with Gasteiger partial charge in [-0.2, -0.15) is 0 Å². The summed E-state index contributed by atoms with van der Waals surface area (Å²) in [6.45, 7) is 5.27. The number of hydrogen-bond donors (Lipinski definition) is 1. The van der Waals surface area contributed by atoms with Crippen LogP contribution in [0.1, 0.15) is 96.9 Å². The van der Waals surface area contributed by atoms with Gasteiger partial charge in [-0.1, -0.05) is 91.0 Å². The molecule has 0 fully saturated rings. The molecule has 9 heteroatoms. The number of esters is 2. The molecule has 1 aliphatic carbocycles. The van der Waals surface area contributed by atoms with Gasteiger partial charge in [-0.3, -0.25) is 4.79 Å². The maximum Gasteiger partial charge on any atom is 0.339 e. The molecule has 1 aromatic heterocycles. The van der Waals surface area contributed by atoms with Crippen LogP contribution in [0, 0.1) is 5.92 Å². The number of hydrogen-bond acceptors (Lipinski definition) is 9. The number of rotatable bonds is 7. The molecule has 0 unspecified atom stereocenters. The molecule has 1 N–H and O–H groups in total. The lowest BCUT2D eigenvalue weighted by molar-refractivity contribution is -0.188. The third kappa shape index (κ3) is 8.60. The molecule has 0 amide bonds. The molecule has 5 atom stereocenters. The number of allylic oxidation sites excluding steroid dienone is 2. The van der Waals surface area contributed by atoms with Crippen LogP contribution in [0.2, 0.25) is 0 Å². The summed E-state index contributed by atoms with van der Waals surface area (Å²) in [5.74, 6) is -0.889. The van der Waals surface area contributed by atoms with Crippen molar-refractivity contribution in [1.29, 1.82) is 0 Å². The van der Waals surface area contributed by atoms with Gasteiger partial charge in [0.05, 0.1) is 18.8 Å². The molecule has 60 heavy (non-hydrogen) atoms. The quantitative estimate of drug-likeness (QED) is 0.0743. The Balaban J connectivity index is 1.20. The van der Waals surface area contributed by atoms with Gasteiger partial charge in [0.25, 0.3) is 0 Å². The number of benzene rings is 4. The molecule has 3 aliphatic heterocycles. The normalized spacial score (nSPS) is 23.4. The highest BCUT2D eigenvalue weighted by Crippen LogP contribution is 2.48. The Morgan fingerprint density at radius 3 is 2.40 bits per heavy atom. The number of carbonyl (C=O) groups is 2. The van der Waals surface area contributed by atoms with Gasteiger partial charge in [-0.25, -0.2) is 9.59 Å². The molecular formula is C51H52O9. The first kappa shape index (κ1) is 41.0. The summed E-state index contributed by atoms with van der Waals surface area (Å²) < 4.78 is 30.7. The largest absolute Gasteiger partial charge is 0.483 e. The highest BCUT2D eigenvalue weighted by molar-refractivity contribution is 5.90. The van der Waals surface area contributed by atoms with Gasteiger partial charge in [-0.05, 0) is 104 Å². The first-order chi connectivity index (χ1) is 29.0. The summed E-state index contributed by atoms with van der Waals surface area (Å²) >= 11 is 0. The topological polar surface area (TPSA) is 122 Å². The molecule has 9 nitrogen and oxygen atoms in total. The molecule has 4 aliphatic rings. The zero-order chi connectivity index (χ0) is 42.0. The van der Waals surface area contributed by atoms with Crippen molar-refractivity contribution in [3.05, 3.63) is 170 Å². The van der Waals surface area contributed by atoms with Crippen LogP contribution in [0.3, 0.4) is 0 Å². The van der Waals surface area contributed by atoms with Crippen molar-refractivity contribution in [2.24, 2.45) is 5.92 Å². The lowest BCUT2D eigenvalue weighted by atomic mass is 9.72. The van der Waals surface area contributed by atoms with Crippen LogP contribution in [-0.4, -0.2) is 49.1 Å². The van der Waals surface area contributed by atoms with Crippen molar-refractivity contribution in [3.63, 3.8) is 0 Å². The molecule has 9 rings (SSSR count). The van der Waals surface area contributed by atoms with Crippen LogP contribution in [0.15, 0.2) is 130 Å². The van der Waals surface area contributed by atoms with Crippen LogP contribution in [0.4, 0.5) is 0 Å². The van der Waals surface area contributed by atoms with Crippen molar-refractivity contribution < 1.29 is 38.1 Å². The van der Waals surface area contributed by atoms with E-state index in [1.165, 1.54) is 16.7 Å². The summed E-state index contributed by atoms with van der Waals surface area (Å²) in [5.41, 5.74) is 5.82. The highest BCUT2D eigenvalue weighted by Gasteiger charge is 2.51. The predicted molar refractivity (Wildman–Crippen MR) is 229 cm³/mol. The third-order valence-corrected chi connectivity index (χ3v) is 12.4. The number of carbonyl (C=O) groups excluding carboxylic acids is 2. The van der Waals surface area contributed by atoms with Crippen LogP contribution in [0.25, 0.3) is 11.0 Å². The highest BCUT2D eigenvalue weighted by atomic mass is 16.6. The number of aliphatic hydroxyl groups is 1. The van der Waals surface area contributed by atoms with Crippen molar-refractivity contribution in [2.75, 3.05) is 20.3 Å². The monoisotopic (exact) mass is 808 g/mol. The van der Waals surface area contributed by atoms with E-state index in [9.17, 15) is 19.5 Å².